The molecule has 1 aromatic rings. The molecule has 5 atom stereocenters. The summed E-state index contributed by atoms with van der Waals surface area (Å²) in [5, 5.41) is 28.6. The Bertz CT molecular complexity index is 873. The van der Waals surface area contributed by atoms with Gasteiger partial charge in [-0.25, -0.2) is 13.9 Å². The van der Waals surface area contributed by atoms with Crippen LogP contribution in [0.3, 0.4) is 0 Å². The summed E-state index contributed by atoms with van der Waals surface area (Å²) in [7, 11) is -10.9. The van der Waals surface area contributed by atoms with Crippen molar-refractivity contribution in [2.24, 2.45) is 0 Å². The van der Waals surface area contributed by atoms with E-state index in [0.29, 0.717) is 10.8 Å². The number of ether oxygens (including phenoxy) is 1. The van der Waals surface area contributed by atoms with Crippen LogP contribution in [0, 0.1) is 0 Å². The number of phosphoric acid groups is 2. The van der Waals surface area contributed by atoms with E-state index in [0.717, 1.165) is 0 Å². The summed E-state index contributed by atoms with van der Waals surface area (Å²) in [5.74, 6) is -1.08. The predicted octanol–water partition coefficient (Wildman–Crippen LogP) is -3.26. The van der Waals surface area contributed by atoms with Crippen molar-refractivity contribution in [2.45, 2.75) is 24.5 Å². The predicted molar refractivity (Wildman–Crippen MR) is 77.9 cm³/mol. The van der Waals surface area contributed by atoms with E-state index in [2.05, 4.69) is 8.83 Å². The second-order valence-corrected chi connectivity index (χ2v) is 7.77. The highest BCUT2D eigenvalue weighted by molar-refractivity contribution is 7.60. The molecule has 1 aliphatic heterocycles. The second-order valence-electron chi connectivity index (χ2n) is 5.02. The Balaban J connectivity index is 2.39. The van der Waals surface area contributed by atoms with E-state index in [1.54, 1.807) is 4.98 Å². The first-order valence-corrected chi connectivity index (χ1v) is 9.64. The summed E-state index contributed by atoms with van der Waals surface area (Å²) in [6.07, 6.45) is -5.70. The first kappa shape index (κ1) is 20.9. The van der Waals surface area contributed by atoms with Gasteiger partial charge in [0.15, 0.2) is 6.23 Å². The van der Waals surface area contributed by atoms with Crippen LogP contribution in [-0.2, 0) is 18.2 Å². The van der Waals surface area contributed by atoms with Crippen LogP contribution in [0.2, 0.25) is 0 Å². The SMILES string of the molecule is O=c1[nH]c(=O)n([C@@H]2O[C@H](CO)[C@@H](O)[C@@H]2O)cc1OP(=O)(O)OP(=O)(O)O. The Labute approximate surface area is 142 Å². The minimum Gasteiger partial charge on any atom is -0.396 e. The average Bonchev–Trinajstić information content (AvgIpc) is 2.75. The fourth-order valence-corrected chi connectivity index (χ4v) is 3.69. The number of aromatic amines is 1. The van der Waals surface area contributed by atoms with Crippen LogP contribution in [0.5, 0.6) is 5.75 Å². The largest absolute Gasteiger partial charge is 0.536 e. The third-order valence-corrected chi connectivity index (χ3v) is 5.25. The lowest BCUT2D eigenvalue weighted by molar-refractivity contribution is -0.0552. The molecule has 0 saturated carbocycles. The summed E-state index contributed by atoms with van der Waals surface area (Å²) in [6, 6.07) is 0. The Hall–Kier alpha value is -1.38. The molecule has 15 nitrogen and oxygen atoms in total. The first-order chi connectivity index (χ1) is 11.8. The van der Waals surface area contributed by atoms with Crippen molar-refractivity contribution < 1.29 is 52.7 Å². The number of H-pyrrole nitrogens is 1. The van der Waals surface area contributed by atoms with Gasteiger partial charge in [0.1, 0.15) is 18.3 Å². The third-order valence-electron chi connectivity index (χ3n) is 3.15. The van der Waals surface area contributed by atoms with Crippen LogP contribution in [0.25, 0.3) is 0 Å². The Morgan fingerprint density at radius 2 is 1.81 bits per heavy atom. The number of phosphoric ester groups is 1. The molecule has 1 unspecified atom stereocenters. The molecule has 2 heterocycles. The zero-order valence-corrected chi connectivity index (χ0v) is 14.3. The zero-order valence-electron chi connectivity index (χ0n) is 12.5. The molecule has 0 spiro atoms. The van der Waals surface area contributed by atoms with Crippen molar-refractivity contribution in [2.75, 3.05) is 6.61 Å². The maximum absolute atomic E-state index is 11.9. The average molecular weight is 420 g/mol. The van der Waals surface area contributed by atoms with Crippen LogP contribution in [-0.4, -0.2) is 64.5 Å². The summed E-state index contributed by atoms with van der Waals surface area (Å²) in [6.45, 7) is -0.710. The number of aromatic nitrogens is 2. The highest BCUT2D eigenvalue weighted by atomic mass is 31.3. The number of aliphatic hydroxyl groups is 3. The molecule has 0 aliphatic carbocycles. The van der Waals surface area contributed by atoms with Crippen LogP contribution < -0.4 is 15.8 Å². The number of nitrogens with one attached hydrogen (secondary N) is 1. The van der Waals surface area contributed by atoms with Crippen molar-refractivity contribution in [3.05, 3.63) is 27.0 Å². The van der Waals surface area contributed by atoms with Gasteiger partial charge < -0.3 is 34.4 Å². The van der Waals surface area contributed by atoms with Gasteiger partial charge in [-0.05, 0) is 0 Å². The van der Waals surface area contributed by atoms with E-state index in [1.165, 1.54) is 0 Å². The summed E-state index contributed by atoms with van der Waals surface area (Å²) < 4.78 is 35.4. The Morgan fingerprint density at radius 3 is 2.31 bits per heavy atom. The Kier molecular flexibility index (Phi) is 5.90. The quantitative estimate of drug-likeness (QED) is 0.224. The maximum atomic E-state index is 11.9. The smallest absolute Gasteiger partial charge is 0.396 e. The number of nitrogens with zero attached hydrogens (tertiary/aromatic N) is 1. The normalized spacial score (nSPS) is 28.7. The summed E-state index contributed by atoms with van der Waals surface area (Å²) in [4.78, 5) is 51.4. The standard InChI is InChI=1S/C9H14N2O13P2/c12-2-4-5(13)6(14)8(22-4)11-1-3(7(15)10-9(11)16)23-26(20,21)24-25(17,18)19/h1,4-6,8,12-14H,2H2,(H,20,21)(H,10,15,16)(H2,17,18,19)/t4-,5-,6+,8-/m1/s1. The van der Waals surface area contributed by atoms with Crippen LogP contribution in [0.4, 0.5) is 0 Å². The van der Waals surface area contributed by atoms with Crippen LogP contribution >= 0.6 is 15.6 Å². The molecule has 0 bridgehead atoms. The van der Waals surface area contributed by atoms with E-state index >= 15 is 0 Å². The molecular weight excluding hydrogens is 406 g/mol. The number of hydrogen-bond donors (Lipinski definition) is 7. The molecule has 1 aromatic heterocycles. The molecule has 0 radical (unpaired) electrons. The number of aliphatic hydroxyl groups excluding tert-OH is 3. The van der Waals surface area contributed by atoms with Gasteiger partial charge in [0.05, 0.1) is 12.8 Å². The van der Waals surface area contributed by atoms with E-state index in [4.69, 9.17) is 19.6 Å². The van der Waals surface area contributed by atoms with Gasteiger partial charge >= 0.3 is 21.3 Å². The van der Waals surface area contributed by atoms with Crippen molar-refractivity contribution in [3.8, 4) is 5.75 Å². The molecule has 1 fully saturated rings. The lowest BCUT2D eigenvalue weighted by Gasteiger charge is -2.18. The maximum Gasteiger partial charge on any atom is 0.536 e. The molecule has 26 heavy (non-hydrogen) atoms. The molecule has 1 aliphatic rings. The van der Waals surface area contributed by atoms with Gasteiger partial charge in [0, 0.05) is 0 Å². The van der Waals surface area contributed by atoms with E-state index in [1.807, 2.05) is 0 Å². The number of hydrogen-bond acceptors (Lipinski definition) is 10. The molecule has 1 saturated heterocycles. The molecule has 2 rings (SSSR count). The van der Waals surface area contributed by atoms with Gasteiger partial charge in [-0.2, -0.15) is 4.31 Å². The van der Waals surface area contributed by atoms with E-state index < -0.39 is 63.8 Å². The highest BCUT2D eigenvalue weighted by Crippen LogP contribution is 2.56. The molecule has 0 amide bonds. The summed E-state index contributed by atoms with van der Waals surface area (Å²) >= 11 is 0. The fraction of sp³-hybridized carbons (Fsp3) is 0.556. The van der Waals surface area contributed by atoms with Gasteiger partial charge in [-0.3, -0.25) is 19.2 Å². The second kappa shape index (κ2) is 7.32. The van der Waals surface area contributed by atoms with Crippen molar-refractivity contribution in [1.29, 1.82) is 0 Å². The van der Waals surface area contributed by atoms with Crippen molar-refractivity contribution in [1.82, 2.24) is 9.55 Å². The molecule has 7 N–H and O–H groups in total. The molecule has 17 heteroatoms. The topological polar surface area (TPSA) is 238 Å². The fourth-order valence-electron chi connectivity index (χ4n) is 2.11. The van der Waals surface area contributed by atoms with Crippen LogP contribution in [0.1, 0.15) is 6.23 Å². The minimum absolute atomic E-state index is 0.470. The highest BCUT2D eigenvalue weighted by Gasteiger charge is 2.44. The van der Waals surface area contributed by atoms with Gasteiger partial charge in [-0.1, -0.05) is 0 Å². The zero-order chi connectivity index (χ0) is 19.9. The molecule has 148 valence electrons. The number of rotatable bonds is 6. The van der Waals surface area contributed by atoms with E-state index in [-0.39, 0.29) is 0 Å². The van der Waals surface area contributed by atoms with Gasteiger partial charge in [-0.15, -0.1) is 0 Å². The van der Waals surface area contributed by atoms with Crippen molar-refractivity contribution in [3.63, 3.8) is 0 Å². The van der Waals surface area contributed by atoms with Crippen LogP contribution in [0.15, 0.2) is 15.8 Å². The van der Waals surface area contributed by atoms with Gasteiger partial charge in [0.2, 0.25) is 5.75 Å². The summed E-state index contributed by atoms with van der Waals surface area (Å²) in [5.41, 5.74) is -2.54. The lowest BCUT2D eigenvalue weighted by Crippen LogP contribution is -2.38. The molecular formula is C9H14N2O13P2. The van der Waals surface area contributed by atoms with Gasteiger partial charge in [0.25, 0.3) is 5.56 Å². The monoisotopic (exact) mass is 420 g/mol. The Morgan fingerprint density at radius 1 is 1.19 bits per heavy atom. The lowest BCUT2D eigenvalue weighted by atomic mass is 10.1. The first-order valence-electron chi connectivity index (χ1n) is 6.62. The third kappa shape index (κ3) is 4.66. The van der Waals surface area contributed by atoms with Crippen molar-refractivity contribution >= 4 is 15.6 Å². The minimum atomic E-state index is -5.47. The van der Waals surface area contributed by atoms with E-state index in [9.17, 15) is 33.8 Å². The molecule has 0 aromatic carbocycles.